The number of esters is 4. The van der Waals surface area contributed by atoms with Gasteiger partial charge in [-0.25, -0.2) is 0 Å². The van der Waals surface area contributed by atoms with Crippen LogP contribution < -0.4 is 0 Å². The van der Waals surface area contributed by atoms with Crippen molar-refractivity contribution in [3.05, 3.63) is 0 Å². The number of rotatable bonds is 0. The van der Waals surface area contributed by atoms with Gasteiger partial charge in [0.15, 0.2) is 5.41 Å². The standard InChI is InChI=1S/C9H6O6/c1-8-2-3-4(10)14-6(12)9(3,8)7(13)15-5(8)11/h3H,2H2,1H3. The fraction of sp³-hybridized carbons (Fsp3) is 0.556. The highest BCUT2D eigenvalue weighted by atomic mass is 16.6. The number of ether oxygens (including phenoxy) is 2. The molecule has 3 rings (SSSR count). The first kappa shape index (κ1) is 8.58. The average molecular weight is 210 g/mol. The largest absolute Gasteiger partial charge is 0.392 e. The van der Waals surface area contributed by atoms with E-state index in [2.05, 4.69) is 9.47 Å². The second-order valence-electron chi connectivity index (χ2n) is 4.28. The van der Waals surface area contributed by atoms with Gasteiger partial charge in [0.05, 0.1) is 11.3 Å². The molecule has 0 bridgehead atoms. The van der Waals surface area contributed by atoms with Crippen molar-refractivity contribution >= 4 is 23.9 Å². The zero-order valence-electron chi connectivity index (χ0n) is 7.73. The molecule has 0 N–H and O–H groups in total. The summed E-state index contributed by atoms with van der Waals surface area (Å²) >= 11 is 0. The van der Waals surface area contributed by atoms with E-state index in [1.807, 2.05) is 0 Å². The molecular formula is C9H6O6. The fourth-order valence-electron chi connectivity index (χ4n) is 2.82. The molecule has 1 aliphatic carbocycles. The Bertz CT molecular complexity index is 442. The van der Waals surface area contributed by atoms with Crippen molar-refractivity contribution in [1.29, 1.82) is 0 Å². The number of hydrogen-bond acceptors (Lipinski definition) is 6. The number of cyclic esters (lactones) is 4. The van der Waals surface area contributed by atoms with E-state index in [0.29, 0.717) is 0 Å². The van der Waals surface area contributed by atoms with E-state index in [0.717, 1.165) is 0 Å². The molecule has 0 amide bonds. The first-order valence-electron chi connectivity index (χ1n) is 4.47. The molecule has 1 saturated carbocycles. The van der Waals surface area contributed by atoms with Gasteiger partial charge in [0, 0.05) is 0 Å². The number of hydrogen-bond donors (Lipinski definition) is 0. The van der Waals surface area contributed by atoms with Crippen molar-refractivity contribution in [3.63, 3.8) is 0 Å². The van der Waals surface area contributed by atoms with Crippen LogP contribution in [0, 0.1) is 16.7 Å². The van der Waals surface area contributed by atoms with Crippen molar-refractivity contribution in [2.45, 2.75) is 13.3 Å². The first-order chi connectivity index (χ1) is 6.94. The van der Waals surface area contributed by atoms with Crippen LogP contribution in [0.25, 0.3) is 0 Å². The molecule has 15 heavy (non-hydrogen) atoms. The summed E-state index contributed by atoms with van der Waals surface area (Å²) in [6, 6.07) is 0. The predicted octanol–water partition coefficient (Wildman–Crippen LogP) is -0.834. The highest BCUT2D eigenvalue weighted by molar-refractivity contribution is 6.22. The van der Waals surface area contributed by atoms with Crippen LogP contribution in [0.2, 0.25) is 0 Å². The van der Waals surface area contributed by atoms with Crippen LogP contribution in [-0.2, 0) is 28.7 Å². The maximum Gasteiger partial charge on any atom is 0.333 e. The minimum atomic E-state index is -1.68. The van der Waals surface area contributed by atoms with Gasteiger partial charge in [-0.1, -0.05) is 0 Å². The van der Waals surface area contributed by atoms with Crippen molar-refractivity contribution in [2.75, 3.05) is 0 Å². The normalized spacial score (nSPS) is 46.9. The molecule has 1 spiro atoms. The number of carbonyl (C=O) groups is 4. The van der Waals surface area contributed by atoms with E-state index in [4.69, 9.17) is 0 Å². The molecule has 3 unspecified atom stereocenters. The molecule has 6 nitrogen and oxygen atoms in total. The zero-order valence-corrected chi connectivity index (χ0v) is 7.73. The third-order valence-electron chi connectivity index (χ3n) is 3.76. The molecule has 0 aromatic carbocycles. The Hall–Kier alpha value is -1.72. The van der Waals surface area contributed by atoms with Crippen LogP contribution >= 0.6 is 0 Å². The van der Waals surface area contributed by atoms with Crippen molar-refractivity contribution in [2.24, 2.45) is 16.7 Å². The predicted molar refractivity (Wildman–Crippen MR) is 40.8 cm³/mol. The highest BCUT2D eigenvalue weighted by Gasteiger charge is 2.86. The molecule has 3 fully saturated rings. The minimum absolute atomic E-state index is 0.141. The lowest BCUT2D eigenvalue weighted by atomic mass is 9.46. The fourth-order valence-corrected chi connectivity index (χ4v) is 2.82. The van der Waals surface area contributed by atoms with Crippen LogP contribution in [0.15, 0.2) is 0 Å². The van der Waals surface area contributed by atoms with Gasteiger partial charge in [-0.15, -0.1) is 0 Å². The molecule has 2 aliphatic heterocycles. The first-order valence-corrected chi connectivity index (χ1v) is 4.47. The third kappa shape index (κ3) is 0.557. The average Bonchev–Trinajstić information content (AvgIpc) is 2.39. The number of carbonyl (C=O) groups excluding carboxylic acids is 4. The molecule has 2 heterocycles. The molecule has 3 atom stereocenters. The lowest BCUT2D eigenvalue weighted by Crippen LogP contribution is -2.60. The summed E-state index contributed by atoms with van der Waals surface area (Å²) in [6.45, 7) is 1.45. The quantitative estimate of drug-likeness (QED) is 0.383. The third-order valence-corrected chi connectivity index (χ3v) is 3.76. The summed E-state index contributed by atoms with van der Waals surface area (Å²) < 4.78 is 8.85. The lowest BCUT2D eigenvalue weighted by molar-refractivity contribution is -0.170. The summed E-state index contributed by atoms with van der Waals surface area (Å²) in [5.41, 5.74) is -2.89. The SMILES string of the molecule is CC12CC3C(=O)OC(=O)C31C(=O)OC2=O. The van der Waals surface area contributed by atoms with E-state index in [-0.39, 0.29) is 6.42 Å². The van der Waals surface area contributed by atoms with Gasteiger partial charge in [-0.05, 0) is 13.3 Å². The van der Waals surface area contributed by atoms with E-state index < -0.39 is 40.6 Å². The molecule has 78 valence electrons. The van der Waals surface area contributed by atoms with Crippen LogP contribution in [0.1, 0.15) is 13.3 Å². The topological polar surface area (TPSA) is 86.7 Å². The second kappa shape index (κ2) is 1.95. The summed E-state index contributed by atoms with van der Waals surface area (Å²) in [5, 5.41) is 0. The Morgan fingerprint density at radius 2 is 1.67 bits per heavy atom. The minimum Gasteiger partial charge on any atom is -0.392 e. The van der Waals surface area contributed by atoms with Crippen LogP contribution in [-0.4, -0.2) is 23.9 Å². The van der Waals surface area contributed by atoms with Gasteiger partial charge in [0.25, 0.3) is 0 Å². The summed E-state index contributed by atoms with van der Waals surface area (Å²) in [5.74, 6) is -4.20. The Morgan fingerprint density at radius 1 is 1.07 bits per heavy atom. The smallest absolute Gasteiger partial charge is 0.333 e. The van der Waals surface area contributed by atoms with Crippen LogP contribution in [0.3, 0.4) is 0 Å². The molecule has 6 heteroatoms. The molecular weight excluding hydrogens is 204 g/mol. The highest BCUT2D eigenvalue weighted by Crippen LogP contribution is 2.68. The van der Waals surface area contributed by atoms with Gasteiger partial charge in [-0.3, -0.25) is 19.2 Å². The van der Waals surface area contributed by atoms with Crippen molar-refractivity contribution < 1.29 is 28.7 Å². The zero-order chi connectivity index (χ0) is 11.0. The van der Waals surface area contributed by atoms with Crippen LogP contribution in [0.4, 0.5) is 0 Å². The van der Waals surface area contributed by atoms with Crippen molar-refractivity contribution in [1.82, 2.24) is 0 Å². The molecule has 3 aliphatic rings. The Kier molecular flexibility index (Phi) is 1.12. The van der Waals surface area contributed by atoms with E-state index in [1.165, 1.54) is 6.92 Å². The van der Waals surface area contributed by atoms with E-state index in [1.54, 1.807) is 0 Å². The lowest BCUT2D eigenvalue weighted by Gasteiger charge is -2.44. The van der Waals surface area contributed by atoms with Gasteiger partial charge in [0.2, 0.25) is 0 Å². The molecule has 0 aromatic heterocycles. The van der Waals surface area contributed by atoms with Crippen molar-refractivity contribution in [3.8, 4) is 0 Å². The summed E-state index contributed by atoms with van der Waals surface area (Å²) in [6.07, 6.45) is 0.141. The second-order valence-corrected chi connectivity index (χ2v) is 4.28. The van der Waals surface area contributed by atoms with Gasteiger partial charge in [0.1, 0.15) is 0 Å². The Labute approximate surface area is 83.5 Å². The Morgan fingerprint density at radius 3 is 2.20 bits per heavy atom. The van der Waals surface area contributed by atoms with Gasteiger partial charge >= 0.3 is 23.9 Å². The molecule has 0 aromatic rings. The van der Waals surface area contributed by atoms with E-state index in [9.17, 15) is 19.2 Å². The van der Waals surface area contributed by atoms with E-state index >= 15 is 0 Å². The summed E-state index contributed by atoms with van der Waals surface area (Å²) in [7, 11) is 0. The monoisotopic (exact) mass is 210 g/mol. The van der Waals surface area contributed by atoms with Gasteiger partial charge < -0.3 is 9.47 Å². The molecule has 2 saturated heterocycles. The summed E-state index contributed by atoms with van der Waals surface area (Å²) in [4.78, 5) is 45.6. The maximum atomic E-state index is 11.5. The van der Waals surface area contributed by atoms with Crippen LogP contribution in [0.5, 0.6) is 0 Å². The molecule has 0 radical (unpaired) electrons. The maximum absolute atomic E-state index is 11.5. The van der Waals surface area contributed by atoms with Gasteiger partial charge in [-0.2, -0.15) is 0 Å². The Balaban J connectivity index is 2.24.